The van der Waals surface area contributed by atoms with Crippen LogP contribution in [0, 0.1) is 11.8 Å². The molecule has 0 bridgehead atoms. The Morgan fingerprint density at radius 2 is 1.80 bits per heavy atom. The SMILES string of the molecule is C[C@@H]1C[C@H](CO)O[C@]2(C1)C[C@@H](C)C[C@@H](C(=O)O[C@@H](C)c1ccc3ccccc3c1)O2. The van der Waals surface area contributed by atoms with Gasteiger partial charge in [-0.25, -0.2) is 4.79 Å². The summed E-state index contributed by atoms with van der Waals surface area (Å²) in [4.78, 5) is 13.0. The van der Waals surface area contributed by atoms with Gasteiger partial charge in [0.2, 0.25) is 0 Å². The van der Waals surface area contributed by atoms with Gasteiger partial charge in [0.15, 0.2) is 11.9 Å². The molecule has 0 unspecified atom stereocenters. The first-order chi connectivity index (χ1) is 14.4. The lowest BCUT2D eigenvalue weighted by Gasteiger charge is -2.48. The van der Waals surface area contributed by atoms with E-state index in [1.807, 2.05) is 25.1 Å². The molecule has 5 nitrogen and oxygen atoms in total. The summed E-state index contributed by atoms with van der Waals surface area (Å²) in [7, 11) is 0. The number of carbonyl (C=O) groups excluding carboxylic acids is 1. The van der Waals surface area contributed by atoms with Crippen molar-refractivity contribution in [2.24, 2.45) is 11.8 Å². The summed E-state index contributed by atoms with van der Waals surface area (Å²) < 4.78 is 18.2. The van der Waals surface area contributed by atoms with Gasteiger partial charge in [-0.2, -0.15) is 0 Å². The van der Waals surface area contributed by atoms with Gasteiger partial charge in [-0.1, -0.05) is 50.2 Å². The maximum Gasteiger partial charge on any atom is 0.336 e. The van der Waals surface area contributed by atoms with Crippen LogP contribution in [0.3, 0.4) is 0 Å². The Labute approximate surface area is 178 Å². The third-order valence-corrected chi connectivity index (χ3v) is 6.34. The van der Waals surface area contributed by atoms with Crippen LogP contribution in [0.15, 0.2) is 42.5 Å². The minimum absolute atomic E-state index is 0.0298. The molecule has 2 fully saturated rings. The van der Waals surface area contributed by atoms with Gasteiger partial charge in [-0.05, 0) is 54.0 Å². The molecule has 0 amide bonds. The van der Waals surface area contributed by atoms with Gasteiger partial charge >= 0.3 is 5.97 Å². The van der Waals surface area contributed by atoms with Crippen LogP contribution in [0.1, 0.15) is 58.1 Å². The van der Waals surface area contributed by atoms with Gasteiger partial charge in [0.05, 0.1) is 12.7 Å². The van der Waals surface area contributed by atoms with Gasteiger partial charge in [-0.3, -0.25) is 0 Å². The van der Waals surface area contributed by atoms with Gasteiger partial charge in [0.1, 0.15) is 6.10 Å². The largest absolute Gasteiger partial charge is 0.456 e. The van der Waals surface area contributed by atoms with E-state index in [0.717, 1.165) is 35.6 Å². The van der Waals surface area contributed by atoms with Crippen molar-refractivity contribution >= 4 is 16.7 Å². The third kappa shape index (κ3) is 4.53. The number of esters is 1. The summed E-state index contributed by atoms with van der Waals surface area (Å²) in [6.07, 6.45) is 1.63. The molecule has 1 spiro atoms. The van der Waals surface area contributed by atoms with E-state index in [9.17, 15) is 9.90 Å². The number of aliphatic hydroxyl groups is 1. The molecule has 2 aromatic rings. The fourth-order valence-corrected chi connectivity index (χ4v) is 5.04. The van der Waals surface area contributed by atoms with Crippen molar-refractivity contribution in [1.82, 2.24) is 0 Å². The van der Waals surface area contributed by atoms with Gasteiger partial charge in [0, 0.05) is 12.8 Å². The molecule has 30 heavy (non-hydrogen) atoms. The molecular weight excluding hydrogens is 380 g/mol. The van der Waals surface area contributed by atoms with E-state index in [1.165, 1.54) is 0 Å². The van der Waals surface area contributed by atoms with E-state index in [0.29, 0.717) is 12.3 Å². The van der Waals surface area contributed by atoms with Crippen molar-refractivity contribution in [2.75, 3.05) is 6.61 Å². The van der Waals surface area contributed by atoms with Gasteiger partial charge in [0.25, 0.3) is 0 Å². The quantitative estimate of drug-likeness (QED) is 0.734. The van der Waals surface area contributed by atoms with Crippen LogP contribution >= 0.6 is 0 Å². The second-order valence-corrected chi connectivity index (χ2v) is 9.22. The zero-order valence-corrected chi connectivity index (χ0v) is 18.0. The Bertz CT molecular complexity index is 892. The van der Waals surface area contributed by atoms with Gasteiger partial charge < -0.3 is 19.3 Å². The van der Waals surface area contributed by atoms with Crippen molar-refractivity contribution in [2.45, 2.75) is 70.6 Å². The van der Waals surface area contributed by atoms with Crippen molar-refractivity contribution < 1.29 is 24.1 Å². The minimum atomic E-state index is -0.807. The van der Waals surface area contributed by atoms with Crippen LogP contribution in [0.25, 0.3) is 10.8 Å². The van der Waals surface area contributed by atoms with Crippen molar-refractivity contribution in [1.29, 1.82) is 0 Å². The van der Waals surface area contributed by atoms with E-state index >= 15 is 0 Å². The van der Waals surface area contributed by atoms with Crippen molar-refractivity contribution in [3.05, 3.63) is 48.0 Å². The second kappa shape index (κ2) is 8.66. The molecule has 5 heteroatoms. The van der Waals surface area contributed by atoms with Crippen LogP contribution < -0.4 is 0 Å². The van der Waals surface area contributed by atoms with Crippen LogP contribution in [0.5, 0.6) is 0 Å². The molecule has 0 aromatic heterocycles. The molecule has 0 aliphatic carbocycles. The lowest BCUT2D eigenvalue weighted by molar-refractivity contribution is -0.329. The summed E-state index contributed by atoms with van der Waals surface area (Å²) in [5.74, 6) is -0.506. The average molecular weight is 413 g/mol. The molecule has 2 aromatic carbocycles. The molecule has 2 saturated heterocycles. The lowest BCUT2D eigenvalue weighted by Crippen LogP contribution is -2.54. The fourth-order valence-electron chi connectivity index (χ4n) is 5.04. The van der Waals surface area contributed by atoms with Crippen LogP contribution in [0.4, 0.5) is 0 Å². The number of hydrogen-bond donors (Lipinski definition) is 1. The molecular formula is C25H32O5. The molecule has 0 radical (unpaired) electrons. The molecule has 2 aliphatic heterocycles. The first-order valence-corrected chi connectivity index (χ1v) is 11.0. The highest BCUT2D eigenvalue weighted by Crippen LogP contribution is 2.43. The highest BCUT2D eigenvalue weighted by Gasteiger charge is 2.48. The summed E-state index contributed by atoms with van der Waals surface area (Å²) in [6, 6.07) is 14.3. The maximum atomic E-state index is 13.0. The molecule has 2 heterocycles. The highest BCUT2D eigenvalue weighted by atomic mass is 16.7. The summed E-state index contributed by atoms with van der Waals surface area (Å²) in [5.41, 5.74) is 0.962. The van der Waals surface area contributed by atoms with E-state index in [2.05, 4.69) is 38.1 Å². The normalized spacial score (nSPS) is 32.8. The number of rotatable bonds is 4. The predicted molar refractivity (Wildman–Crippen MR) is 115 cm³/mol. The molecule has 6 atom stereocenters. The fraction of sp³-hybridized carbons (Fsp3) is 0.560. The average Bonchev–Trinajstić information content (AvgIpc) is 2.72. The summed E-state index contributed by atoms with van der Waals surface area (Å²) >= 11 is 0. The predicted octanol–water partition coefficient (Wildman–Crippen LogP) is 4.76. The van der Waals surface area contributed by atoms with E-state index in [-0.39, 0.29) is 30.7 Å². The maximum absolute atomic E-state index is 13.0. The summed E-state index contributed by atoms with van der Waals surface area (Å²) in [6.45, 7) is 6.13. The molecule has 4 rings (SSSR count). The Hall–Kier alpha value is -1.95. The van der Waals surface area contributed by atoms with Crippen molar-refractivity contribution in [3.63, 3.8) is 0 Å². The molecule has 1 N–H and O–H groups in total. The standard InChI is InChI=1S/C25H32O5/c1-16-10-22(15-26)29-25(13-16)14-17(2)11-23(30-25)24(27)28-18(3)20-9-8-19-6-4-5-7-21(19)12-20/h4-9,12,16-18,22-23,26H,10-11,13-15H2,1-3H3/t16-,17+,18+,22-,23+,25+/m1/s1. The lowest BCUT2D eigenvalue weighted by atomic mass is 9.83. The van der Waals surface area contributed by atoms with Gasteiger partial charge in [-0.15, -0.1) is 0 Å². The topological polar surface area (TPSA) is 65.0 Å². The highest BCUT2D eigenvalue weighted by molar-refractivity contribution is 5.83. The van der Waals surface area contributed by atoms with E-state index in [4.69, 9.17) is 14.2 Å². The Kier molecular flexibility index (Phi) is 6.14. The molecule has 0 saturated carbocycles. The van der Waals surface area contributed by atoms with Crippen LogP contribution in [0.2, 0.25) is 0 Å². The number of benzene rings is 2. The Morgan fingerprint density at radius 3 is 2.53 bits per heavy atom. The monoisotopic (exact) mass is 412 g/mol. The molecule has 162 valence electrons. The smallest absolute Gasteiger partial charge is 0.336 e. The Balaban J connectivity index is 1.46. The first-order valence-electron chi connectivity index (χ1n) is 11.0. The zero-order valence-electron chi connectivity index (χ0n) is 18.0. The zero-order chi connectivity index (χ0) is 21.3. The number of ether oxygens (including phenoxy) is 3. The van der Waals surface area contributed by atoms with Crippen LogP contribution in [-0.4, -0.2) is 35.7 Å². The van der Waals surface area contributed by atoms with E-state index < -0.39 is 11.9 Å². The minimum Gasteiger partial charge on any atom is -0.456 e. The number of carbonyl (C=O) groups is 1. The number of hydrogen-bond acceptors (Lipinski definition) is 5. The van der Waals surface area contributed by atoms with Crippen LogP contribution in [-0.2, 0) is 19.0 Å². The Morgan fingerprint density at radius 1 is 1.10 bits per heavy atom. The van der Waals surface area contributed by atoms with Crippen molar-refractivity contribution in [3.8, 4) is 0 Å². The second-order valence-electron chi connectivity index (χ2n) is 9.22. The third-order valence-electron chi connectivity index (χ3n) is 6.34. The van der Waals surface area contributed by atoms with E-state index in [1.54, 1.807) is 0 Å². The number of fused-ring (bicyclic) bond motifs is 1. The number of aliphatic hydroxyl groups excluding tert-OH is 1. The summed E-state index contributed by atoms with van der Waals surface area (Å²) in [5, 5.41) is 11.9. The molecule has 2 aliphatic rings. The first kappa shape index (κ1) is 21.3.